The lowest BCUT2D eigenvalue weighted by Gasteiger charge is -2.49. The van der Waals surface area contributed by atoms with Gasteiger partial charge in [-0.25, -0.2) is 8.78 Å². The number of benzene rings is 2. The van der Waals surface area contributed by atoms with Crippen molar-refractivity contribution in [2.24, 2.45) is 5.41 Å². The van der Waals surface area contributed by atoms with Gasteiger partial charge < -0.3 is 10.2 Å². The Labute approximate surface area is 185 Å². The molecule has 2 heterocycles. The standard InChI is InChI=1S/C24H25ClF2N2O2/c1-15(22-19(25)3-2-4-20(22)27)23(31)29-11-9-24(10-12-29)13-21(30)28-14-18(24)16-5-7-17(26)8-6-16/h2-8,15,18H,9-14H2,1H3,(H,28,30)/t15-,18+/m1/s1. The molecular formula is C24H25ClF2N2O2. The van der Waals surface area contributed by atoms with Gasteiger partial charge in [0.2, 0.25) is 11.8 Å². The molecule has 2 aliphatic rings. The summed E-state index contributed by atoms with van der Waals surface area (Å²) in [6.45, 7) is 3.15. The minimum Gasteiger partial charge on any atom is -0.355 e. The number of halogens is 3. The summed E-state index contributed by atoms with van der Waals surface area (Å²) in [6, 6.07) is 10.9. The lowest BCUT2D eigenvalue weighted by atomic mass is 9.62. The fraction of sp³-hybridized carbons (Fsp3) is 0.417. The predicted molar refractivity (Wildman–Crippen MR) is 115 cm³/mol. The largest absolute Gasteiger partial charge is 0.355 e. The van der Waals surface area contributed by atoms with Crippen LogP contribution in [0, 0.1) is 17.0 Å². The summed E-state index contributed by atoms with van der Waals surface area (Å²) in [6.07, 6.45) is 1.70. The van der Waals surface area contributed by atoms with Gasteiger partial charge in [0.05, 0.1) is 5.92 Å². The normalized spacial score (nSPS) is 21.6. The molecule has 1 N–H and O–H groups in total. The number of nitrogens with one attached hydrogen (secondary N) is 1. The van der Waals surface area contributed by atoms with Crippen LogP contribution in [-0.4, -0.2) is 36.3 Å². The summed E-state index contributed by atoms with van der Waals surface area (Å²) in [5.41, 5.74) is 0.930. The van der Waals surface area contributed by atoms with Crippen LogP contribution < -0.4 is 5.32 Å². The molecule has 2 amide bonds. The molecule has 2 aromatic rings. The molecule has 164 valence electrons. The lowest BCUT2D eigenvalue weighted by Crippen LogP contribution is -2.53. The zero-order valence-electron chi connectivity index (χ0n) is 17.3. The number of carbonyl (C=O) groups excluding carboxylic acids is 2. The van der Waals surface area contributed by atoms with Gasteiger partial charge in [-0.1, -0.05) is 29.8 Å². The van der Waals surface area contributed by atoms with Gasteiger partial charge in [0.1, 0.15) is 11.6 Å². The molecule has 4 nitrogen and oxygen atoms in total. The fourth-order valence-electron chi connectivity index (χ4n) is 5.12. The van der Waals surface area contributed by atoms with Crippen molar-refractivity contribution in [2.45, 2.75) is 38.0 Å². The molecule has 0 radical (unpaired) electrons. The Morgan fingerprint density at radius 1 is 1.16 bits per heavy atom. The maximum atomic E-state index is 14.3. The van der Waals surface area contributed by atoms with Crippen molar-refractivity contribution < 1.29 is 18.4 Å². The molecule has 31 heavy (non-hydrogen) atoms. The smallest absolute Gasteiger partial charge is 0.229 e. The van der Waals surface area contributed by atoms with Crippen molar-refractivity contribution in [2.75, 3.05) is 19.6 Å². The second kappa shape index (κ2) is 8.58. The summed E-state index contributed by atoms with van der Waals surface area (Å²) >= 11 is 6.16. The minimum atomic E-state index is -0.690. The number of hydrogen-bond donors (Lipinski definition) is 1. The van der Waals surface area contributed by atoms with E-state index >= 15 is 0 Å². The topological polar surface area (TPSA) is 49.4 Å². The summed E-state index contributed by atoms with van der Waals surface area (Å²) in [5.74, 6) is -1.57. The predicted octanol–water partition coefficient (Wildman–Crippen LogP) is 4.63. The van der Waals surface area contributed by atoms with Gasteiger partial charge in [0.25, 0.3) is 0 Å². The molecule has 2 saturated heterocycles. The zero-order chi connectivity index (χ0) is 22.2. The third kappa shape index (κ3) is 4.18. The van der Waals surface area contributed by atoms with E-state index in [-0.39, 0.29) is 39.6 Å². The maximum absolute atomic E-state index is 14.3. The molecule has 2 aromatic carbocycles. The van der Waals surface area contributed by atoms with Crippen molar-refractivity contribution >= 4 is 23.4 Å². The van der Waals surface area contributed by atoms with Crippen LogP contribution in [0.2, 0.25) is 5.02 Å². The van der Waals surface area contributed by atoms with Crippen molar-refractivity contribution in [1.82, 2.24) is 10.2 Å². The first-order valence-electron chi connectivity index (χ1n) is 10.6. The average Bonchev–Trinajstić information content (AvgIpc) is 2.74. The Bertz CT molecular complexity index is 967. The van der Waals surface area contributed by atoms with Crippen LogP contribution in [0.25, 0.3) is 0 Å². The average molecular weight is 447 g/mol. The number of amides is 2. The van der Waals surface area contributed by atoms with E-state index in [1.165, 1.54) is 24.3 Å². The summed E-state index contributed by atoms with van der Waals surface area (Å²) in [5, 5.41) is 3.18. The Hall–Kier alpha value is -2.47. The minimum absolute atomic E-state index is 0.00430. The van der Waals surface area contributed by atoms with Crippen molar-refractivity contribution in [3.05, 3.63) is 70.2 Å². The van der Waals surface area contributed by atoms with Gasteiger partial charge in [-0.2, -0.15) is 0 Å². The van der Waals surface area contributed by atoms with Crippen LogP contribution in [0.4, 0.5) is 8.78 Å². The Kier molecular flexibility index (Phi) is 6.02. The first-order chi connectivity index (χ1) is 14.8. The number of nitrogens with zero attached hydrogens (tertiary/aromatic N) is 1. The van der Waals surface area contributed by atoms with Crippen molar-refractivity contribution in [3.8, 4) is 0 Å². The van der Waals surface area contributed by atoms with E-state index in [1.807, 2.05) is 0 Å². The molecule has 0 aromatic heterocycles. The highest BCUT2D eigenvalue weighted by Gasteiger charge is 2.47. The van der Waals surface area contributed by atoms with Gasteiger partial charge in [0.15, 0.2) is 0 Å². The van der Waals surface area contributed by atoms with E-state index in [0.717, 1.165) is 5.56 Å². The third-order valence-corrected chi connectivity index (χ3v) is 7.23. The van der Waals surface area contributed by atoms with Gasteiger partial charge >= 0.3 is 0 Å². The second-order valence-corrected chi connectivity index (χ2v) is 9.04. The molecule has 0 bridgehead atoms. The first-order valence-corrected chi connectivity index (χ1v) is 10.9. The molecule has 2 fully saturated rings. The molecular weight excluding hydrogens is 422 g/mol. The van der Waals surface area contributed by atoms with E-state index in [2.05, 4.69) is 5.32 Å². The number of likely N-dealkylation sites (tertiary alicyclic amines) is 1. The Balaban J connectivity index is 1.52. The molecule has 0 aliphatic carbocycles. The van der Waals surface area contributed by atoms with Gasteiger partial charge in [-0.15, -0.1) is 0 Å². The highest BCUT2D eigenvalue weighted by atomic mass is 35.5. The van der Waals surface area contributed by atoms with Crippen LogP contribution in [-0.2, 0) is 9.59 Å². The van der Waals surface area contributed by atoms with E-state index in [9.17, 15) is 18.4 Å². The number of piperidine rings is 2. The molecule has 2 aliphatic heterocycles. The van der Waals surface area contributed by atoms with E-state index < -0.39 is 11.7 Å². The quantitative estimate of drug-likeness (QED) is 0.747. The van der Waals surface area contributed by atoms with Crippen LogP contribution in [0.1, 0.15) is 49.1 Å². The highest BCUT2D eigenvalue weighted by Crippen LogP contribution is 2.49. The molecule has 0 saturated carbocycles. The van der Waals surface area contributed by atoms with Gasteiger partial charge in [-0.3, -0.25) is 9.59 Å². The van der Waals surface area contributed by atoms with Crippen LogP contribution in [0.3, 0.4) is 0 Å². The summed E-state index contributed by atoms with van der Waals surface area (Å²) < 4.78 is 27.7. The maximum Gasteiger partial charge on any atom is 0.229 e. The molecule has 1 spiro atoms. The van der Waals surface area contributed by atoms with Crippen molar-refractivity contribution in [1.29, 1.82) is 0 Å². The highest BCUT2D eigenvalue weighted by molar-refractivity contribution is 6.31. The van der Waals surface area contributed by atoms with Gasteiger partial charge in [0, 0.05) is 42.6 Å². The van der Waals surface area contributed by atoms with Crippen LogP contribution in [0.5, 0.6) is 0 Å². The first kappa shape index (κ1) is 21.8. The van der Waals surface area contributed by atoms with Crippen molar-refractivity contribution in [3.63, 3.8) is 0 Å². The second-order valence-electron chi connectivity index (χ2n) is 8.63. The van der Waals surface area contributed by atoms with Crippen LogP contribution >= 0.6 is 11.6 Å². The van der Waals surface area contributed by atoms with Crippen LogP contribution in [0.15, 0.2) is 42.5 Å². The number of carbonyl (C=O) groups is 2. The molecule has 0 unspecified atom stereocenters. The monoisotopic (exact) mass is 446 g/mol. The number of hydrogen-bond acceptors (Lipinski definition) is 2. The summed E-state index contributed by atoms with van der Waals surface area (Å²) in [4.78, 5) is 27.1. The third-order valence-electron chi connectivity index (χ3n) is 6.90. The molecule has 4 rings (SSSR count). The van der Waals surface area contributed by atoms with E-state index in [4.69, 9.17) is 11.6 Å². The SMILES string of the molecule is C[C@@H](C(=O)N1CCC2(CC1)CC(=O)NC[C@H]2c1ccc(F)cc1)c1c(F)cccc1Cl. The Morgan fingerprint density at radius 2 is 1.84 bits per heavy atom. The lowest BCUT2D eigenvalue weighted by molar-refractivity contribution is -0.137. The number of rotatable bonds is 3. The fourth-order valence-corrected chi connectivity index (χ4v) is 5.45. The molecule has 7 heteroatoms. The zero-order valence-corrected chi connectivity index (χ0v) is 18.1. The van der Waals surface area contributed by atoms with E-state index in [1.54, 1.807) is 30.0 Å². The summed E-state index contributed by atoms with van der Waals surface area (Å²) in [7, 11) is 0. The van der Waals surface area contributed by atoms with Gasteiger partial charge in [-0.05, 0) is 55.0 Å². The Morgan fingerprint density at radius 3 is 2.48 bits per heavy atom. The molecule has 2 atom stereocenters. The van der Waals surface area contributed by atoms with E-state index in [0.29, 0.717) is 38.9 Å².